The minimum atomic E-state index is -2.75. The molecule has 0 spiro atoms. The molecule has 1 fully saturated rings. The summed E-state index contributed by atoms with van der Waals surface area (Å²) in [5, 5.41) is 3.42. The molecule has 1 saturated heterocycles. The largest absolute Gasteiger partial charge is 0.308 e. The Morgan fingerprint density at radius 1 is 1.25 bits per heavy atom. The van der Waals surface area contributed by atoms with Gasteiger partial charge < -0.3 is 5.32 Å². The van der Waals surface area contributed by atoms with E-state index in [2.05, 4.69) is 12.2 Å². The van der Waals surface area contributed by atoms with Crippen LogP contribution >= 0.6 is 0 Å². The number of hydrogen-bond donors (Lipinski definition) is 1. The summed E-state index contributed by atoms with van der Waals surface area (Å²) in [6, 6.07) is 6.68. The second kappa shape index (κ2) is 3.81. The third-order valence-electron chi connectivity index (χ3n) is 3.40. The van der Waals surface area contributed by atoms with Crippen LogP contribution in [0.2, 0.25) is 0 Å². The maximum atomic E-state index is 13.0. The van der Waals surface area contributed by atoms with E-state index in [0.29, 0.717) is 0 Å². The quantitative estimate of drug-likeness (QED) is 0.813. The van der Waals surface area contributed by atoms with Crippen molar-refractivity contribution in [3.05, 3.63) is 35.4 Å². The Hall–Kier alpha value is -0.960. The summed E-state index contributed by atoms with van der Waals surface area (Å²) in [5.74, 6) is -2.75. The molecule has 0 bridgehead atoms. The summed E-state index contributed by atoms with van der Waals surface area (Å²) in [5.41, 5.74) is 1.14. The lowest BCUT2D eigenvalue weighted by Crippen LogP contribution is -2.33. The fraction of sp³-hybridized carbons (Fsp3) is 0.538. The second-order valence-electron chi connectivity index (χ2n) is 4.83. The zero-order chi connectivity index (χ0) is 11.8. The molecule has 0 aliphatic carbocycles. The Morgan fingerprint density at radius 3 is 2.31 bits per heavy atom. The van der Waals surface area contributed by atoms with E-state index in [-0.39, 0.29) is 11.1 Å². The number of rotatable bonds is 2. The Balaban J connectivity index is 2.26. The Labute approximate surface area is 94.9 Å². The maximum Gasteiger partial charge on any atom is 0.270 e. The van der Waals surface area contributed by atoms with Crippen LogP contribution in [0.15, 0.2) is 24.3 Å². The van der Waals surface area contributed by atoms with Gasteiger partial charge in [-0.3, -0.25) is 0 Å². The first-order valence-electron chi connectivity index (χ1n) is 5.66. The highest BCUT2D eigenvalue weighted by atomic mass is 19.3. The first-order valence-corrected chi connectivity index (χ1v) is 5.66. The number of nitrogens with one attached hydrogen (secondary N) is 1. The molecule has 0 saturated carbocycles. The molecule has 16 heavy (non-hydrogen) atoms. The molecule has 1 N–H and O–H groups in total. The van der Waals surface area contributed by atoms with Crippen LogP contribution in [0.4, 0.5) is 8.78 Å². The van der Waals surface area contributed by atoms with E-state index in [1.165, 1.54) is 12.1 Å². The van der Waals surface area contributed by atoms with Crippen molar-refractivity contribution in [3.63, 3.8) is 0 Å². The van der Waals surface area contributed by atoms with E-state index >= 15 is 0 Å². The van der Waals surface area contributed by atoms with Crippen molar-refractivity contribution in [1.82, 2.24) is 5.32 Å². The Bertz CT molecular complexity index is 359. The molecule has 88 valence electrons. The number of halogens is 2. The lowest BCUT2D eigenvalue weighted by Gasteiger charge is -2.25. The molecule has 1 aromatic rings. The van der Waals surface area contributed by atoms with E-state index < -0.39 is 5.92 Å². The topological polar surface area (TPSA) is 12.0 Å². The van der Waals surface area contributed by atoms with Gasteiger partial charge in [0, 0.05) is 18.0 Å². The van der Waals surface area contributed by atoms with Crippen molar-refractivity contribution in [2.24, 2.45) is 0 Å². The molecule has 1 aromatic carbocycles. The standard InChI is InChI=1S/C13H17F2N/c1-12(8-3-9-16-12)10-4-6-11(7-5-10)13(2,14)15/h4-7,16H,3,8-9H2,1-2H3. The van der Waals surface area contributed by atoms with Gasteiger partial charge >= 0.3 is 0 Å². The van der Waals surface area contributed by atoms with Gasteiger partial charge in [0.2, 0.25) is 0 Å². The average molecular weight is 225 g/mol. The summed E-state index contributed by atoms with van der Waals surface area (Å²) in [4.78, 5) is 0. The second-order valence-corrected chi connectivity index (χ2v) is 4.83. The molecule has 1 atom stereocenters. The molecular formula is C13H17F2N. The van der Waals surface area contributed by atoms with Crippen molar-refractivity contribution in [1.29, 1.82) is 0 Å². The number of benzene rings is 1. The van der Waals surface area contributed by atoms with E-state index in [1.54, 1.807) is 0 Å². The van der Waals surface area contributed by atoms with Crippen molar-refractivity contribution in [3.8, 4) is 0 Å². The van der Waals surface area contributed by atoms with Gasteiger partial charge in [-0.15, -0.1) is 0 Å². The van der Waals surface area contributed by atoms with Crippen molar-refractivity contribution in [2.45, 2.75) is 38.2 Å². The van der Waals surface area contributed by atoms with Crippen molar-refractivity contribution >= 4 is 0 Å². The predicted molar refractivity (Wildman–Crippen MR) is 60.6 cm³/mol. The highest BCUT2D eigenvalue weighted by molar-refractivity contribution is 5.30. The lowest BCUT2D eigenvalue weighted by molar-refractivity contribution is 0.0174. The van der Waals surface area contributed by atoms with Crippen LogP contribution in [0.25, 0.3) is 0 Å². The van der Waals surface area contributed by atoms with Crippen LogP contribution in [0.5, 0.6) is 0 Å². The normalized spacial score (nSPS) is 26.0. The van der Waals surface area contributed by atoms with E-state index in [9.17, 15) is 8.78 Å². The predicted octanol–water partition coefficient (Wildman–Crippen LogP) is 3.40. The van der Waals surface area contributed by atoms with Crippen molar-refractivity contribution in [2.75, 3.05) is 6.54 Å². The minimum absolute atomic E-state index is 0.0401. The highest BCUT2D eigenvalue weighted by Crippen LogP contribution is 2.33. The van der Waals surface area contributed by atoms with Crippen LogP contribution < -0.4 is 5.32 Å². The molecule has 1 unspecified atom stereocenters. The van der Waals surface area contributed by atoms with Crippen LogP contribution in [-0.2, 0) is 11.5 Å². The molecule has 0 amide bonds. The molecule has 3 heteroatoms. The molecule has 2 rings (SSSR count). The van der Waals surface area contributed by atoms with Gasteiger partial charge in [0.25, 0.3) is 5.92 Å². The monoisotopic (exact) mass is 225 g/mol. The number of alkyl halides is 2. The summed E-state index contributed by atoms with van der Waals surface area (Å²) in [6.07, 6.45) is 2.21. The number of hydrogen-bond acceptors (Lipinski definition) is 1. The zero-order valence-corrected chi connectivity index (χ0v) is 9.69. The third-order valence-corrected chi connectivity index (χ3v) is 3.40. The summed E-state index contributed by atoms with van der Waals surface area (Å²) >= 11 is 0. The third kappa shape index (κ3) is 2.09. The Kier molecular flexibility index (Phi) is 2.74. The van der Waals surface area contributed by atoms with Gasteiger partial charge in [-0.1, -0.05) is 24.3 Å². The van der Waals surface area contributed by atoms with Crippen LogP contribution in [0.3, 0.4) is 0 Å². The lowest BCUT2D eigenvalue weighted by atomic mass is 9.89. The van der Waals surface area contributed by atoms with Crippen LogP contribution in [-0.4, -0.2) is 6.54 Å². The first-order chi connectivity index (χ1) is 7.42. The average Bonchev–Trinajstić information content (AvgIpc) is 2.66. The maximum absolute atomic E-state index is 13.0. The van der Waals surface area contributed by atoms with Gasteiger partial charge in [-0.05, 0) is 31.9 Å². The minimum Gasteiger partial charge on any atom is -0.308 e. The van der Waals surface area contributed by atoms with Crippen LogP contribution in [0.1, 0.15) is 37.8 Å². The van der Waals surface area contributed by atoms with E-state index in [1.807, 2.05) is 12.1 Å². The first kappa shape index (κ1) is 11.5. The Morgan fingerprint density at radius 2 is 1.88 bits per heavy atom. The fourth-order valence-electron chi connectivity index (χ4n) is 2.27. The summed E-state index contributed by atoms with van der Waals surface area (Å²) < 4.78 is 26.1. The smallest absolute Gasteiger partial charge is 0.270 e. The SMILES string of the molecule is CC(F)(F)c1ccc(C2(C)CCCN2)cc1. The van der Waals surface area contributed by atoms with Gasteiger partial charge in [0.15, 0.2) is 0 Å². The molecule has 0 radical (unpaired) electrons. The molecular weight excluding hydrogens is 208 g/mol. The van der Waals surface area contributed by atoms with E-state index in [0.717, 1.165) is 31.9 Å². The molecule has 1 aliphatic heterocycles. The molecule has 1 aliphatic rings. The van der Waals surface area contributed by atoms with Gasteiger partial charge in [0.1, 0.15) is 0 Å². The van der Waals surface area contributed by atoms with Gasteiger partial charge in [-0.2, -0.15) is 0 Å². The fourth-order valence-corrected chi connectivity index (χ4v) is 2.27. The summed E-state index contributed by atoms with van der Waals surface area (Å²) in [6.45, 7) is 4.05. The molecule has 1 heterocycles. The highest BCUT2D eigenvalue weighted by Gasteiger charge is 2.31. The van der Waals surface area contributed by atoms with Crippen LogP contribution in [0, 0.1) is 0 Å². The molecule has 0 aromatic heterocycles. The zero-order valence-electron chi connectivity index (χ0n) is 9.69. The molecule has 1 nitrogen and oxygen atoms in total. The van der Waals surface area contributed by atoms with Crippen molar-refractivity contribution < 1.29 is 8.78 Å². The van der Waals surface area contributed by atoms with Gasteiger partial charge in [-0.25, -0.2) is 8.78 Å². The summed E-state index contributed by atoms with van der Waals surface area (Å²) in [7, 11) is 0. The van der Waals surface area contributed by atoms with E-state index in [4.69, 9.17) is 0 Å². The van der Waals surface area contributed by atoms with Gasteiger partial charge in [0.05, 0.1) is 0 Å².